The van der Waals surface area contributed by atoms with E-state index in [1.165, 1.54) is 0 Å². The van der Waals surface area contributed by atoms with Crippen molar-refractivity contribution in [2.24, 2.45) is 5.73 Å². The number of benzene rings is 1. The molecule has 0 radical (unpaired) electrons. The molecule has 2 heterocycles. The number of carbonyl (C=O) groups excluding carboxylic acids is 1. The van der Waals surface area contributed by atoms with E-state index in [-0.39, 0.29) is 12.0 Å². The minimum atomic E-state index is -1.18. The molecule has 5 nitrogen and oxygen atoms in total. The van der Waals surface area contributed by atoms with Gasteiger partial charge in [0.25, 0.3) is 0 Å². The zero-order valence-corrected chi connectivity index (χ0v) is 13.5. The van der Waals surface area contributed by atoms with E-state index in [0.29, 0.717) is 25.0 Å². The van der Waals surface area contributed by atoms with Gasteiger partial charge in [-0.05, 0) is 33.0 Å². The second-order valence-corrected chi connectivity index (χ2v) is 5.59. The SMILES string of the molecule is Cc1nc(-c2cc(F)c(F)cc2F)n2c1CN(C)CCC2.NC=O. The molecule has 1 aromatic heterocycles. The van der Waals surface area contributed by atoms with Crippen molar-refractivity contribution in [1.82, 2.24) is 14.5 Å². The summed E-state index contributed by atoms with van der Waals surface area (Å²) in [5, 5.41) is 0. The molecule has 0 bridgehead atoms. The van der Waals surface area contributed by atoms with Gasteiger partial charge < -0.3 is 15.2 Å². The lowest BCUT2D eigenvalue weighted by Crippen LogP contribution is -2.17. The van der Waals surface area contributed by atoms with Gasteiger partial charge in [-0.2, -0.15) is 0 Å². The first-order valence-electron chi connectivity index (χ1n) is 7.43. The van der Waals surface area contributed by atoms with Crippen LogP contribution in [0.15, 0.2) is 12.1 Å². The van der Waals surface area contributed by atoms with Crippen molar-refractivity contribution in [3.63, 3.8) is 0 Å². The molecule has 1 aliphatic rings. The second kappa shape index (κ2) is 7.48. The van der Waals surface area contributed by atoms with Crippen LogP contribution in [0.25, 0.3) is 11.4 Å². The van der Waals surface area contributed by atoms with Crippen LogP contribution >= 0.6 is 0 Å². The molecule has 1 aliphatic heterocycles. The molecule has 24 heavy (non-hydrogen) atoms. The van der Waals surface area contributed by atoms with Crippen LogP contribution in [0.2, 0.25) is 0 Å². The van der Waals surface area contributed by atoms with Gasteiger partial charge in [0.2, 0.25) is 6.41 Å². The summed E-state index contributed by atoms with van der Waals surface area (Å²) in [6, 6.07) is 1.46. The van der Waals surface area contributed by atoms with E-state index in [1.54, 1.807) is 0 Å². The number of nitrogens with two attached hydrogens (primary N) is 1. The van der Waals surface area contributed by atoms with Gasteiger partial charge in [-0.3, -0.25) is 4.79 Å². The lowest BCUT2D eigenvalue weighted by molar-refractivity contribution is -0.106. The van der Waals surface area contributed by atoms with E-state index < -0.39 is 17.5 Å². The summed E-state index contributed by atoms with van der Waals surface area (Å²) in [6.07, 6.45) is 1.15. The molecule has 1 aromatic carbocycles. The molecule has 0 saturated heterocycles. The Morgan fingerprint density at radius 2 is 1.79 bits per heavy atom. The fourth-order valence-electron chi connectivity index (χ4n) is 2.78. The van der Waals surface area contributed by atoms with E-state index in [0.717, 1.165) is 30.4 Å². The number of rotatable bonds is 1. The first-order valence-corrected chi connectivity index (χ1v) is 7.43. The number of primary amides is 1. The summed E-state index contributed by atoms with van der Waals surface area (Å²) in [6.45, 7) is 4.19. The number of amides is 1. The highest BCUT2D eigenvalue weighted by Crippen LogP contribution is 2.28. The van der Waals surface area contributed by atoms with E-state index in [4.69, 9.17) is 4.79 Å². The Labute approximate surface area is 137 Å². The van der Waals surface area contributed by atoms with Crippen LogP contribution in [-0.2, 0) is 17.9 Å². The Bertz CT molecular complexity index is 745. The quantitative estimate of drug-likeness (QED) is 0.639. The summed E-state index contributed by atoms with van der Waals surface area (Å²) in [5.74, 6) is -2.67. The highest BCUT2D eigenvalue weighted by molar-refractivity contribution is 5.58. The maximum Gasteiger partial charge on any atom is 0.204 e. The largest absolute Gasteiger partial charge is 0.372 e. The van der Waals surface area contributed by atoms with Crippen LogP contribution in [0.4, 0.5) is 13.2 Å². The molecule has 0 fully saturated rings. The molecular weight excluding hydrogens is 321 g/mol. The predicted molar refractivity (Wildman–Crippen MR) is 83.5 cm³/mol. The minimum absolute atomic E-state index is 0.00723. The van der Waals surface area contributed by atoms with Crippen molar-refractivity contribution in [2.45, 2.75) is 26.4 Å². The molecule has 0 spiro atoms. The van der Waals surface area contributed by atoms with Gasteiger partial charge in [-0.25, -0.2) is 18.2 Å². The smallest absolute Gasteiger partial charge is 0.204 e. The van der Waals surface area contributed by atoms with Crippen LogP contribution in [-0.4, -0.2) is 34.5 Å². The zero-order valence-electron chi connectivity index (χ0n) is 13.5. The Balaban J connectivity index is 0.000000647. The van der Waals surface area contributed by atoms with Gasteiger partial charge >= 0.3 is 0 Å². The standard InChI is InChI=1S/C15H16F3N3.CH3NO/c1-9-14-8-20(2)4-3-5-21(14)15(19-9)10-6-12(17)13(18)7-11(10)16;2-1-3/h6-7H,3-5,8H2,1-2H3;1H,(H2,2,3). The lowest BCUT2D eigenvalue weighted by atomic mass is 10.2. The number of aromatic nitrogens is 2. The van der Waals surface area contributed by atoms with E-state index in [1.807, 2.05) is 18.5 Å². The summed E-state index contributed by atoms with van der Waals surface area (Å²) in [4.78, 5) is 15.1. The average Bonchev–Trinajstić information content (AvgIpc) is 2.69. The number of halogens is 3. The molecule has 2 aromatic rings. The predicted octanol–water partition coefficient (Wildman–Crippen LogP) is 2.21. The number of hydrogen-bond acceptors (Lipinski definition) is 3. The highest BCUT2D eigenvalue weighted by Gasteiger charge is 2.22. The molecule has 8 heteroatoms. The fraction of sp³-hybridized carbons (Fsp3) is 0.375. The fourth-order valence-corrected chi connectivity index (χ4v) is 2.78. The Morgan fingerprint density at radius 3 is 2.46 bits per heavy atom. The minimum Gasteiger partial charge on any atom is -0.372 e. The molecule has 2 N–H and O–H groups in total. The zero-order chi connectivity index (χ0) is 17.9. The van der Waals surface area contributed by atoms with E-state index >= 15 is 0 Å². The van der Waals surface area contributed by atoms with Gasteiger partial charge in [0.15, 0.2) is 11.6 Å². The van der Waals surface area contributed by atoms with Gasteiger partial charge in [0, 0.05) is 19.2 Å². The normalized spacial score (nSPS) is 14.4. The number of imidazole rings is 1. The summed E-state index contributed by atoms with van der Waals surface area (Å²) in [5.41, 5.74) is 5.96. The molecule has 0 atom stereocenters. The number of nitrogens with zero attached hydrogens (tertiary/aromatic N) is 3. The van der Waals surface area contributed by atoms with Crippen molar-refractivity contribution in [2.75, 3.05) is 13.6 Å². The molecule has 3 rings (SSSR count). The van der Waals surface area contributed by atoms with Crippen LogP contribution in [0.5, 0.6) is 0 Å². The summed E-state index contributed by atoms with van der Waals surface area (Å²) >= 11 is 0. The molecule has 130 valence electrons. The molecule has 1 amide bonds. The van der Waals surface area contributed by atoms with Crippen LogP contribution in [0, 0.1) is 24.4 Å². The van der Waals surface area contributed by atoms with Crippen molar-refractivity contribution in [3.8, 4) is 11.4 Å². The molecular formula is C16H19F3N4O. The van der Waals surface area contributed by atoms with Crippen molar-refractivity contribution < 1.29 is 18.0 Å². The maximum atomic E-state index is 14.0. The van der Waals surface area contributed by atoms with Gasteiger partial charge in [0.05, 0.1) is 17.0 Å². The average molecular weight is 340 g/mol. The Morgan fingerprint density at radius 1 is 1.17 bits per heavy atom. The Kier molecular flexibility index (Phi) is 5.61. The first kappa shape index (κ1) is 18.0. The van der Waals surface area contributed by atoms with Crippen LogP contribution in [0.3, 0.4) is 0 Å². The Hall–Kier alpha value is -2.35. The number of aryl methyl sites for hydroxylation is 1. The van der Waals surface area contributed by atoms with Crippen molar-refractivity contribution >= 4 is 6.41 Å². The summed E-state index contributed by atoms with van der Waals surface area (Å²) < 4.78 is 42.4. The van der Waals surface area contributed by atoms with E-state index in [9.17, 15) is 13.2 Å². The third-order valence-electron chi connectivity index (χ3n) is 3.86. The van der Waals surface area contributed by atoms with Crippen molar-refractivity contribution in [1.29, 1.82) is 0 Å². The third kappa shape index (κ3) is 3.59. The van der Waals surface area contributed by atoms with Crippen molar-refractivity contribution in [3.05, 3.63) is 41.0 Å². The van der Waals surface area contributed by atoms with E-state index in [2.05, 4.69) is 15.6 Å². The second-order valence-electron chi connectivity index (χ2n) is 5.59. The van der Waals surface area contributed by atoms with Crippen LogP contribution in [0.1, 0.15) is 17.8 Å². The number of carbonyl (C=O) groups is 1. The number of hydrogen-bond donors (Lipinski definition) is 1. The number of fused-ring (bicyclic) bond motifs is 1. The third-order valence-corrected chi connectivity index (χ3v) is 3.86. The monoisotopic (exact) mass is 340 g/mol. The lowest BCUT2D eigenvalue weighted by Gasteiger charge is -2.12. The molecule has 0 saturated carbocycles. The van der Waals surface area contributed by atoms with Gasteiger partial charge in [0.1, 0.15) is 11.6 Å². The maximum absolute atomic E-state index is 14.0. The van der Waals surface area contributed by atoms with Gasteiger partial charge in [-0.1, -0.05) is 0 Å². The topological polar surface area (TPSA) is 64.2 Å². The molecule has 0 aliphatic carbocycles. The molecule has 0 unspecified atom stereocenters. The first-order chi connectivity index (χ1) is 11.4. The van der Waals surface area contributed by atoms with Crippen LogP contribution < -0.4 is 5.73 Å². The highest BCUT2D eigenvalue weighted by atomic mass is 19.2. The van der Waals surface area contributed by atoms with Gasteiger partial charge in [-0.15, -0.1) is 0 Å². The summed E-state index contributed by atoms with van der Waals surface area (Å²) in [7, 11) is 2.01.